The molecular weight excluding hydrogens is 572 g/mol. The van der Waals surface area contributed by atoms with Crippen LogP contribution in [0.1, 0.15) is 61.4 Å². The van der Waals surface area contributed by atoms with Crippen molar-refractivity contribution in [1.82, 2.24) is 9.80 Å². The van der Waals surface area contributed by atoms with Crippen LogP contribution in [0.4, 0.5) is 5.69 Å². The van der Waals surface area contributed by atoms with Gasteiger partial charge in [-0.1, -0.05) is 13.0 Å². The first-order valence-corrected chi connectivity index (χ1v) is 14.9. The Labute approximate surface area is 253 Å². The van der Waals surface area contributed by atoms with Crippen molar-refractivity contribution in [2.24, 2.45) is 17.6 Å². The molecule has 5 aliphatic rings. The van der Waals surface area contributed by atoms with Gasteiger partial charge in [0, 0.05) is 23.6 Å². The van der Waals surface area contributed by atoms with Crippen molar-refractivity contribution >= 4 is 29.1 Å². The molecule has 1 aromatic rings. The van der Waals surface area contributed by atoms with Crippen LogP contribution >= 0.6 is 0 Å². The minimum absolute atomic E-state index is 0.0236. The van der Waals surface area contributed by atoms with Crippen molar-refractivity contribution in [1.29, 1.82) is 0 Å². The molecular formula is C31H38N4O9. The summed E-state index contributed by atoms with van der Waals surface area (Å²) in [6, 6.07) is 1.92. The third-order valence-corrected chi connectivity index (χ3v) is 10.2. The number of primary amides is 1. The number of phenolic OH excluding ortho intramolecular Hbond substituents is 1. The summed E-state index contributed by atoms with van der Waals surface area (Å²) in [6.45, 7) is 3.46. The Hall–Kier alpha value is -3.78. The number of fused-ring (bicyclic) bond motifs is 3. The first kappa shape index (κ1) is 30.3. The van der Waals surface area contributed by atoms with Gasteiger partial charge < -0.3 is 36.6 Å². The lowest BCUT2D eigenvalue weighted by Crippen LogP contribution is -2.68. The van der Waals surface area contributed by atoms with E-state index in [9.17, 15) is 44.7 Å². The Morgan fingerprint density at radius 3 is 2.18 bits per heavy atom. The summed E-state index contributed by atoms with van der Waals surface area (Å²) in [5.41, 5.74) is 0.963. The quantitative estimate of drug-likeness (QED) is 0.168. The number of carbonyl (C=O) groups excluding carboxylic acids is 4. The van der Waals surface area contributed by atoms with E-state index in [1.807, 2.05) is 0 Å². The molecule has 2 saturated carbocycles. The minimum Gasteiger partial charge on any atom is -0.510 e. The molecule has 5 aliphatic carbocycles. The van der Waals surface area contributed by atoms with Crippen molar-refractivity contribution in [2.45, 2.75) is 81.3 Å². The third kappa shape index (κ3) is 4.13. The molecule has 0 aromatic heterocycles. The van der Waals surface area contributed by atoms with Crippen molar-refractivity contribution in [3.63, 3.8) is 0 Å². The topological polar surface area (TPSA) is 214 Å². The second-order valence-electron chi connectivity index (χ2n) is 13.1. The molecule has 0 radical (unpaired) electrons. The highest BCUT2D eigenvalue weighted by molar-refractivity contribution is 6.25. The van der Waals surface area contributed by atoms with E-state index in [0.29, 0.717) is 17.6 Å². The zero-order chi connectivity index (χ0) is 32.2. The number of nitrogens with one attached hydrogen (secondary N) is 1. The van der Waals surface area contributed by atoms with Gasteiger partial charge in [-0.05, 0) is 64.3 Å². The lowest BCUT2D eigenvalue weighted by atomic mass is 9.55. The van der Waals surface area contributed by atoms with Crippen LogP contribution in [0.25, 0.3) is 0 Å². The monoisotopic (exact) mass is 610 g/mol. The Bertz CT molecular complexity index is 1550. The molecule has 1 aromatic carbocycles. The molecule has 13 nitrogen and oxygen atoms in total. The van der Waals surface area contributed by atoms with E-state index in [0.717, 1.165) is 25.7 Å². The van der Waals surface area contributed by atoms with Gasteiger partial charge in [0.2, 0.25) is 11.7 Å². The molecule has 8 N–H and O–H groups in total. The number of aliphatic hydroxyl groups is 4. The van der Waals surface area contributed by atoms with Crippen LogP contribution in [-0.2, 0) is 14.4 Å². The number of Topliss-reactive ketones (excluding diaryl/α,β-unsaturated/α-hetero) is 2. The van der Waals surface area contributed by atoms with E-state index in [-0.39, 0.29) is 17.2 Å². The molecule has 7 atom stereocenters. The third-order valence-electron chi connectivity index (χ3n) is 10.2. The lowest BCUT2D eigenvalue weighted by Gasteiger charge is -2.53. The average Bonchev–Trinajstić information content (AvgIpc) is 3.88. The largest absolute Gasteiger partial charge is 0.510 e. The smallest absolute Gasteiger partial charge is 0.255 e. The fraction of sp³-hybridized carbons (Fsp3) is 0.548. The summed E-state index contributed by atoms with van der Waals surface area (Å²) in [6.07, 6.45) is 2.42. The highest BCUT2D eigenvalue weighted by Crippen LogP contribution is 2.56. The van der Waals surface area contributed by atoms with E-state index < -0.39 is 87.4 Å². The SMILES string of the molecule is CC1c2ccc(NC(=O)C(C)N(C3CC3)C3CC3)c(O)c2C(=O)C2=C(O)C3(O)C(=O)C(C(N)=O)=C(O)[C@@H](N(C)C)C3C(O)C21. The maximum Gasteiger partial charge on any atom is 0.255 e. The normalized spacial score (nSPS) is 32.4. The number of ketones is 2. The van der Waals surface area contributed by atoms with Crippen molar-refractivity contribution in [3.05, 3.63) is 45.9 Å². The lowest BCUT2D eigenvalue weighted by molar-refractivity contribution is -0.162. The van der Waals surface area contributed by atoms with Crippen molar-refractivity contribution in [3.8, 4) is 5.75 Å². The standard InChI is InChI=1S/C31H38N4O9/c1-11-15-9-10-16(33-30(43)12(2)35(13-5-6-13)14-7-8-14)23(36)18(15)24(37)19-17(11)25(38)21-22(34(3)4)26(39)20(29(32)42)28(41)31(21,44)27(19)40/h9-14,17,21-22,25,36,38-40,44H,5-8H2,1-4H3,(H2,32,42)(H,33,43)/t11?,12?,17?,21?,22-,25?,31?/m0/s1. The zero-order valence-corrected chi connectivity index (χ0v) is 24.9. The highest BCUT2D eigenvalue weighted by Gasteiger charge is 2.67. The molecule has 6 rings (SSSR count). The molecule has 236 valence electrons. The van der Waals surface area contributed by atoms with Crippen molar-refractivity contribution < 1.29 is 44.7 Å². The summed E-state index contributed by atoms with van der Waals surface area (Å²) in [7, 11) is 2.96. The molecule has 0 bridgehead atoms. The van der Waals surface area contributed by atoms with Crippen molar-refractivity contribution in [2.75, 3.05) is 19.4 Å². The van der Waals surface area contributed by atoms with E-state index in [2.05, 4.69) is 10.2 Å². The first-order valence-electron chi connectivity index (χ1n) is 14.9. The number of nitrogens with two attached hydrogens (primary N) is 1. The number of benzene rings is 1. The van der Waals surface area contributed by atoms with Gasteiger partial charge in [-0.3, -0.25) is 29.0 Å². The molecule has 44 heavy (non-hydrogen) atoms. The summed E-state index contributed by atoms with van der Waals surface area (Å²) in [5.74, 6) is -10.0. The Balaban J connectivity index is 1.42. The number of rotatable bonds is 7. The van der Waals surface area contributed by atoms with Crippen LogP contribution in [0.2, 0.25) is 0 Å². The van der Waals surface area contributed by atoms with Gasteiger partial charge in [0.05, 0.1) is 35.4 Å². The number of phenols is 1. The van der Waals surface area contributed by atoms with Gasteiger partial charge in [0.15, 0.2) is 17.1 Å². The van der Waals surface area contributed by atoms with Gasteiger partial charge >= 0.3 is 0 Å². The summed E-state index contributed by atoms with van der Waals surface area (Å²) >= 11 is 0. The van der Waals surface area contributed by atoms with Crippen LogP contribution in [0.5, 0.6) is 5.75 Å². The maximum atomic E-state index is 14.1. The second kappa shape index (κ2) is 10.1. The van der Waals surface area contributed by atoms with Crippen LogP contribution in [0, 0.1) is 11.8 Å². The molecule has 0 aliphatic heterocycles. The van der Waals surface area contributed by atoms with E-state index in [4.69, 9.17) is 5.73 Å². The maximum absolute atomic E-state index is 14.1. The van der Waals surface area contributed by atoms with Crippen LogP contribution in [-0.4, -0.2) is 109 Å². The van der Waals surface area contributed by atoms with Crippen LogP contribution in [0.15, 0.2) is 34.8 Å². The Morgan fingerprint density at radius 1 is 1.07 bits per heavy atom. The number of carbonyl (C=O) groups is 4. The Kier molecular flexibility index (Phi) is 6.96. The number of likely N-dealkylation sites (N-methyl/N-ethyl adjacent to an activating group) is 1. The predicted octanol–water partition coefficient (Wildman–Crippen LogP) is 0.606. The summed E-state index contributed by atoms with van der Waals surface area (Å²) in [4.78, 5) is 56.6. The Morgan fingerprint density at radius 2 is 1.66 bits per heavy atom. The van der Waals surface area contributed by atoms with Gasteiger partial charge in [-0.15, -0.1) is 0 Å². The van der Waals surface area contributed by atoms with E-state index >= 15 is 0 Å². The summed E-state index contributed by atoms with van der Waals surface area (Å²) in [5, 5.41) is 60.1. The fourth-order valence-electron chi connectivity index (χ4n) is 7.77. The van der Waals surface area contributed by atoms with Gasteiger partial charge in [-0.2, -0.15) is 0 Å². The number of aromatic hydroxyl groups is 1. The number of amides is 2. The van der Waals surface area contributed by atoms with E-state index in [1.54, 1.807) is 19.9 Å². The molecule has 6 unspecified atom stereocenters. The van der Waals surface area contributed by atoms with E-state index in [1.165, 1.54) is 25.1 Å². The number of hydrogen-bond donors (Lipinski definition) is 7. The number of anilines is 1. The minimum atomic E-state index is -2.99. The first-order chi connectivity index (χ1) is 20.6. The number of aliphatic hydroxyl groups excluding tert-OH is 3. The fourth-order valence-corrected chi connectivity index (χ4v) is 7.77. The van der Waals surface area contributed by atoms with Crippen LogP contribution < -0.4 is 11.1 Å². The predicted molar refractivity (Wildman–Crippen MR) is 156 cm³/mol. The average molecular weight is 611 g/mol. The molecule has 2 fully saturated rings. The highest BCUT2D eigenvalue weighted by atomic mass is 16.4. The zero-order valence-electron chi connectivity index (χ0n) is 24.9. The summed E-state index contributed by atoms with van der Waals surface area (Å²) < 4.78 is 0. The van der Waals surface area contributed by atoms with Crippen LogP contribution in [0.3, 0.4) is 0 Å². The molecule has 0 spiro atoms. The molecule has 0 heterocycles. The van der Waals surface area contributed by atoms with Gasteiger partial charge in [0.1, 0.15) is 17.1 Å². The molecule has 0 saturated heterocycles. The second-order valence-corrected chi connectivity index (χ2v) is 13.1. The molecule has 2 amide bonds. The molecule has 13 heteroatoms. The number of nitrogens with zero attached hydrogens (tertiary/aromatic N) is 2. The van der Waals surface area contributed by atoms with Gasteiger partial charge in [-0.25, -0.2) is 0 Å². The number of hydrogen-bond acceptors (Lipinski definition) is 11. The van der Waals surface area contributed by atoms with Gasteiger partial charge in [0.25, 0.3) is 5.91 Å².